The largest absolute Gasteiger partial charge is 0.487 e. The highest BCUT2D eigenvalue weighted by atomic mass is 79.9. The normalized spacial score (nSPS) is 12.4. The lowest BCUT2D eigenvalue weighted by molar-refractivity contribution is 0.305. The van der Waals surface area contributed by atoms with Crippen molar-refractivity contribution in [3.8, 4) is 5.75 Å². The second kappa shape index (κ2) is 11.4. The van der Waals surface area contributed by atoms with Gasteiger partial charge in [0.2, 0.25) is 0 Å². The number of fused-ring (bicyclic) bond motifs is 2. The highest BCUT2D eigenvalue weighted by molar-refractivity contribution is 9.10. The Kier molecular flexibility index (Phi) is 7.98. The minimum atomic E-state index is -0.234. The van der Waals surface area contributed by atoms with Crippen molar-refractivity contribution in [1.82, 2.24) is 9.66 Å². The molecule has 0 aliphatic rings. The van der Waals surface area contributed by atoms with Crippen LogP contribution >= 0.6 is 43.5 Å². The fraction of sp³-hybridized carbons (Fsp3) is 0.167. The fourth-order valence-electron chi connectivity index (χ4n) is 4.30. The lowest BCUT2D eigenvalue weighted by Crippen LogP contribution is -2.23. The van der Waals surface area contributed by atoms with Gasteiger partial charge < -0.3 is 4.74 Å². The number of benzene rings is 4. The SMILES string of the molecule is CC[C@@H](C)c1nc2ccc(Br)cc2c(=O)n1N=Cc1cc(Cl)cc(Br)c1OCc1cccc2ccccc12. The van der Waals surface area contributed by atoms with Crippen molar-refractivity contribution in [2.75, 3.05) is 0 Å². The summed E-state index contributed by atoms with van der Waals surface area (Å²) in [4.78, 5) is 18.3. The summed E-state index contributed by atoms with van der Waals surface area (Å²) in [6.07, 6.45) is 2.42. The first-order valence-corrected chi connectivity index (χ1v) is 14.2. The van der Waals surface area contributed by atoms with Crippen LogP contribution in [0.15, 0.2) is 91.6 Å². The second-order valence-corrected chi connectivity index (χ2v) is 11.2. The maximum absolute atomic E-state index is 13.5. The molecule has 0 unspecified atom stereocenters. The van der Waals surface area contributed by atoms with E-state index in [-0.39, 0.29) is 11.5 Å². The summed E-state index contributed by atoms with van der Waals surface area (Å²) in [5.74, 6) is 1.21. The molecule has 0 aliphatic carbocycles. The molecule has 0 bridgehead atoms. The molecule has 0 aliphatic heterocycles. The van der Waals surface area contributed by atoms with Crippen LogP contribution in [0.2, 0.25) is 5.02 Å². The van der Waals surface area contributed by atoms with Gasteiger partial charge in [-0.05, 0) is 69.0 Å². The van der Waals surface area contributed by atoms with E-state index in [9.17, 15) is 4.79 Å². The van der Waals surface area contributed by atoms with Gasteiger partial charge >= 0.3 is 0 Å². The van der Waals surface area contributed by atoms with Crippen molar-refractivity contribution in [2.24, 2.45) is 5.10 Å². The molecule has 38 heavy (non-hydrogen) atoms. The van der Waals surface area contributed by atoms with E-state index < -0.39 is 0 Å². The molecule has 0 radical (unpaired) electrons. The van der Waals surface area contributed by atoms with Gasteiger partial charge in [-0.25, -0.2) is 4.98 Å². The van der Waals surface area contributed by atoms with E-state index >= 15 is 0 Å². The third-order valence-electron chi connectivity index (χ3n) is 6.49. The standard InChI is InChI=1S/C30H24Br2ClN3O2/c1-3-18(2)29-35-27-12-11-22(31)14-25(27)30(37)36(29)34-16-21-13-23(33)15-26(32)28(21)38-17-20-9-6-8-19-7-4-5-10-24(19)20/h4-16,18H,3,17H2,1-2H3/t18-/m1/s1. The van der Waals surface area contributed by atoms with Gasteiger partial charge in [-0.15, -0.1) is 0 Å². The molecule has 5 rings (SSSR count). The highest BCUT2D eigenvalue weighted by Crippen LogP contribution is 2.33. The summed E-state index contributed by atoms with van der Waals surface area (Å²) in [6.45, 7) is 4.45. The summed E-state index contributed by atoms with van der Waals surface area (Å²) < 4.78 is 9.20. The Balaban J connectivity index is 1.57. The zero-order chi connectivity index (χ0) is 26.8. The van der Waals surface area contributed by atoms with Crippen LogP contribution in [-0.4, -0.2) is 15.9 Å². The molecular weight excluding hydrogens is 630 g/mol. The van der Waals surface area contributed by atoms with Crippen molar-refractivity contribution in [3.63, 3.8) is 0 Å². The summed E-state index contributed by atoms with van der Waals surface area (Å²) >= 11 is 13.4. The number of ether oxygens (including phenoxy) is 1. The first kappa shape index (κ1) is 26.6. The summed E-state index contributed by atoms with van der Waals surface area (Å²) in [5.41, 5.74) is 2.11. The van der Waals surface area contributed by atoms with E-state index in [2.05, 4.69) is 68.2 Å². The predicted octanol–water partition coefficient (Wildman–Crippen LogP) is 8.70. The number of aromatic nitrogens is 2. The Hall–Kier alpha value is -3.00. The van der Waals surface area contributed by atoms with Gasteiger partial charge in [0.1, 0.15) is 18.2 Å². The monoisotopic (exact) mass is 651 g/mol. The van der Waals surface area contributed by atoms with Gasteiger partial charge in [0, 0.05) is 21.0 Å². The summed E-state index contributed by atoms with van der Waals surface area (Å²) in [6, 6.07) is 23.4. The van der Waals surface area contributed by atoms with Crippen molar-refractivity contribution in [1.29, 1.82) is 0 Å². The topological polar surface area (TPSA) is 56.5 Å². The molecule has 0 N–H and O–H groups in total. The van der Waals surface area contributed by atoms with E-state index in [0.717, 1.165) is 27.2 Å². The van der Waals surface area contributed by atoms with Crippen LogP contribution in [0.1, 0.15) is 43.1 Å². The average molecular weight is 654 g/mol. The zero-order valence-electron chi connectivity index (χ0n) is 20.8. The van der Waals surface area contributed by atoms with Gasteiger partial charge in [-0.1, -0.05) is 83.8 Å². The Bertz CT molecular complexity index is 1740. The molecular formula is C30H24Br2ClN3O2. The molecule has 1 heterocycles. The van der Waals surface area contributed by atoms with E-state index in [1.807, 2.05) is 37.3 Å². The van der Waals surface area contributed by atoms with Crippen LogP contribution in [-0.2, 0) is 6.61 Å². The Morgan fingerprint density at radius 1 is 1.05 bits per heavy atom. The minimum absolute atomic E-state index is 0.0288. The third kappa shape index (κ3) is 5.41. The number of rotatable bonds is 7. The zero-order valence-corrected chi connectivity index (χ0v) is 24.7. The molecule has 0 amide bonds. The van der Waals surface area contributed by atoms with Crippen LogP contribution in [0.4, 0.5) is 0 Å². The van der Waals surface area contributed by atoms with Gasteiger partial charge in [0.15, 0.2) is 0 Å². The smallest absolute Gasteiger partial charge is 0.282 e. The first-order chi connectivity index (χ1) is 18.4. The predicted molar refractivity (Wildman–Crippen MR) is 163 cm³/mol. The number of hydrogen-bond donors (Lipinski definition) is 0. The average Bonchev–Trinajstić information content (AvgIpc) is 2.91. The second-order valence-electron chi connectivity index (χ2n) is 9.04. The molecule has 8 heteroatoms. The van der Waals surface area contributed by atoms with Crippen LogP contribution < -0.4 is 10.3 Å². The number of hydrogen-bond acceptors (Lipinski definition) is 4. The number of nitrogens with zero attached hydrogens (tertiary/aromatic N) is 3. The van der Waals surface area contributed by atoms with Gasteiger partial charge in [-0.3, -0.25) is 4.79 Å². The number of halogens is 3. The van der Waals surface area contributed by atoms with Crippen molar-refractivity contribution >= 4 is 71.4 Å². The summed E-state index contributed by atoms with van der Waals surface area (Å²) in [5, 5.41) is 7.91. The molecule has 0 saturated heterocycles. The molecule has 5 nitrogen and oxygen atoms in total. The van der Waals surface area contributed by atoms with Crippen LogP contribution in [0.5, 0.6) is 5.75 Å². The summed E-state index contributed by atoms with van der Waals surface area (Å²) in [7, 11) is 0. The van der Waals surface area contributed by atoms with E-state index in [0.29, 0.717) is 44.1 Å². The molecule has 0 fully saturated rings. The van der Waals surface area contributed by atoms with Crippen LogP contribution in [0, 0.1) is 0 Å². The molecule has 1 atom stereocenters. The van der Waals surface area contributed by atoms with Crippen molar-refractivity contribution in [3.05, 3.63) is 114 Å². The maximum Gasteiger partial charge on any atom is 0.282 e. The third-order valence-corrected chi connectivity index (χ3v) is 7.79. The molecule has 0 saturated carbocycles. The van der Waals surface area contributed by atoms with Crippen molar-refractivity contribution < 1.29 is 4.74 Å². The molecule has 4 aromatic carbocycles. The van der Waals surface area contributed by atoms with Gasteiger partial charge in [0.05, 0.1) is 21.6 Å². The highest BCUT2D eigenvalue weighted by Gasteiger charge is 2.17. The van der Waals surface area contributed by atoms with E-state index in [1.165, 1.54) is 4.68 Å². The Morgan fingerprint density at radius 3 is 2.66 bits per heavy atom. The van der Waals surface area contributed by atoms with Crippen molar-refractivity contribution in [2.45, 2.75) is 32.8 Å². The van der Waals surface area contributed by atoms with Crippen LogP contribution in [0.3, 0.4) is 0 Å². The molecule has 192 valence electrons. The van der Waals surface area contributed by atoms with Gasteiger partial charge in [0.25, 0.3) is 5.56 Å². The van der Waals surface area contributed by atoms with Gasteiger partial charge in [-0.2, -0.15) is 9.78 Å². The molecule has 5 aromatic rings. The maximum atomic E-state index is 13.5. The Morgan fingerprint density at radius 2 is 1.84 bits per heavy atom. The minimum Gasteiger partial charge on any atom is -0.487 e. The lowest BCUT2D eigenvalue weighted by Gasteiger charge is -2.15. The quantitative estimate of drug-likeness (QED) is 0.165. The molecule has 1 aromatic heterocycles. The van der Waals surface area contributed by atoms with E-state index in [4.69, 9.17) is 21.3 Å². The van der Waals surface area contributed by atoms with Crippen LogP contribution in [0.25, 0.3) is 21.7 Å². The Labute approximate surface area is 242 Å². The lowest BCUT2D eigenvalue weighted by atomic mass is 10.1. The van der Waals surface area contributed by atoms with E-state index in [1.54, 1.807) is 24.4 Å². The molecule has 0 spiro atoms. The fourth-order valence-corrected chi connectivity index (χ4v) is 5.61. The first-order valence-electron chi connectivity index (χ1n) is 12.2.